The first-order valence-corrected chi connectivity index (χ1v) is 5.74. The Morgan fingerprint density at radius 1 is 1.61 bits per heavy atom. The Balaban J connectivity index is 1.94. The molecule has 3 N–H and O–H groups in total. The van der Waals surface area contributed by atoms with Crippen LogP contribution in [0.4, 0.5) is 10.6 Å². The van der Waals surface area contributed by atoms with Gasteiger partial charge in [-0.1, -0.05) is 0 Å². The number of carbonyl (C=O) groups excluding carboxylic acids is 1. The quantitative estimate of drug-likeness (QED) is 0.726. The van der Waals surface area contributed by atoms with Gasteiger partial charge in [0.2, 0.25) is 0 Å². The van der Waals surface area contributed by atoms with E-state index in [4.69, 9.17) is 4.74 Å². The van der Waals surface area contributed by atoms with E-state index in [1.807, 2.05) is 0 Å². The summed E-state index contributed by atoms with van der Waals surface area (Å²) < 4.78 is 4.86. The van der Waals surface area contributed by atoms with Crippen molar-refractivity contribution >= 4 is 11.8 Å². The predicted molar refractivity (Wildman–Crippen MR) is 64.4 cm³/mol. The van der Waals surface area contributed by atoms with Crippen molar-refractivity contribution in [2.75, 3.05) is 19.0 Å². The maximum Gasteiger partial charge on any atom is 0.320 e. The third kappa shape index (κ3) is 2.67. The number of amides is 2. The summed E-state index contributed by atoms with van der Waals surface area (Å²) in [7, 11) is 1.45. The molecule has 1 fully saturated rings. The van der Waals surface area contributed by atoms with E-state index in [2.05, 4.69) is 20.6 Å². The summed E-state index contributed by atoms with van der Waals surface area (Å²) in [6.45, 7) is -0.0481. The summed E-state index contributed by atoms with van der Waals surface area (Å²) in [5.74, 6) is 0.353. The summed E-state index contributed by atoms with van der Waals surface area (Å²) in [6.07, 6.45) is 4.10. The first kappa shape index (κ1) is 12.6. The predicted octanol–water partition coefficient (Wildman–Crippen LogP) is 0.522. The minimum Gasteiger partial charge on any atom is -0.467 e. The van der Waals surface area contributed by atoms with Crippen LogP contribution in [0.5, 0.6) is 6.01 Å². The van der Waals surface area contributed by atoms with Gasteiger partial charge in [0.25, 0.3) is 0 Å². The lowest BCUT2D eigenvalue weighted by Crippen LogP contribution is -2.57. The number of anilines is 1. The van der Waals surface area contributed by atoms with Gasteiger partial charge in [-0.15, -0.1) is 0 Å². The van der Waals surface area contributed by atoms with Gasteiger partial charge >= 0.3 is 12.0 Å². The summed E-state index contributed by atoms with van der Waals surface area (Å²) in [4.78, 5) is 19.5. The fourth-order valence-corrected chi connectivity index (χ4v) is 1.82. The van der Waals surface area contributed by atoms with E-state index in [0.717, 1.165) is 19.3 Å². The van der Waals surface area contributed by atoms with E-state index in [1.165, 1.54) is 13.3 Å². The van der Waals surface area contributed by atoms with Crippen molar-refractivity contribution in [1.29, 1.82) is 0 Å². The van der Waals surface area contributed by atoms with Crippen molar-refractivity contribution in [3.8, 4) is 6.01 Å². The molecule has 7 nitrogen and oxygen atoms in total. The highest BCUT2D eigenvalue weighted by Gasteiger charge is 2.37. The number of rotatable bonds is 4. The van der Waals surface area contributed by atoms with Crippen LogP contribution in [0.2, 0.25) is 0 Å². The highest BCUT2D eigenvalue weighted by atomic mass is 16.5. The molecule has 0 aromatic carbocycles. The van der Waals surface area contributed by atoms with Gasteiger partial charge in [-0.05, 0) is 25.3 Å². The number of ether oxygens (including phenoxy) is 1. The summed E-state index contributed by atoms with van der Waals surface area (Å²) in [5, 5.41) is 14.6. The number of nitrogens with one attached hydrogen (secondary N) is 2. The van der Waals surface area contributed by atoms with Crippen LogP contribution in [0.15, 0.2) is 12.3 Å². The molecule has 1 aliphatic carbocycles. The summed E-state index contributed by atoms with van der Waals surface area (Å²) in [6, 6.07) is 1.37. The highest BCUT2D eigenvalue weighted by molar-refractivity contribution is 5.88. The molecule has 1 saturated carbocycles. The lowest BCUT2D eigenvalue weighted by atomic mass is 9.77. The zero-order valence-electron chi connectivity index (χ0n) is 10.1. The van der Waals surface area contributed by atoms with Gasteiger partial charge in [-0.2, -0.15) is 4.98 Å². The third-order valence-corrected chi connectivity index (χ3v) is 3.05. The molecule has 0 saturated heterocycles. The van der Waals surface area contributed by atoms with Crippen LogP contribution in [0.25, 0.3) is 0 Å². The van der Waals surface area contributed by atoms with Gasteiger partial charge < -0.3 is 15.2 Å². The normalized spacial score (nSPS) is 16.6. The van der Waals surface area contributed by atoms with Crippen molar-refractivity contribution < 1.29 is 14.6 Å². The van der Waals surface area contributed by atoms with Crippen molar-refractivity contribution in [3.05, 3.63) is 12.3 Å². The number of carbonyl (C=O) groups is 1. The average Bonchev–Trinajstić information content (AvgIpc) is 2.34. The van der Waals surface area contributed by atoms with E-state index in [-0.39, 0.29) is 18.6 Å². The maximum atomic E-state index is 11.7. The fourth-order valence-electron chi connectivity index (χ4n) is 1.82. The van der Waals surface area contributed by atoms with Crippen molar-refractivity contribution in [3.63, 3.8) is 0 Å². The van der Waals surface area contributed by atoms with Crippen LogP contribution in [-0.4, -0.2) is 40.4 Å². The second-order valence-electron chi connectivity index (χ2n) is 4.30. The number of aliphatic hydroxyl groups excluding tert-OH is 1. The minimum atomic E-state index is -0.471. The number of urea groups is 1. The van der Waals surface area contributed by atoms with E-state index in [1.54, 1.807) is 6.07 Å². The number of hydrogen-bond acceptors (Lipinski definition) is 5. The van der Waals surface area contributed by atoms with Gasteiger partial charge in [0.05, 0.1) is 19.3 Å². The molecule has 0 aliphatic heterocycles. The number of methoxy groups -OCH3 is 1. The molecule has 1 aromatic heterocycles. The Morgan fingerprint density at radius 3 is 2.94 bits per heavy atom. The number of hydrogen-bond donors (Lipinski definition) is 3. The molecule has 2 rings (SSSR count). The van der Waals surface area contributed by atoms with Crippen LogP contribution < -0.4 is 15.4 Å². The van der Waals surface area contributed by atoms with E-state index in [0.29, 0.717) is 5.82 Å². The van der Waals surface area contributed by atoms with Gasteiger partial charge in [0.1, 0.15) is 5.82 Å². The van der Waals surface area contributed by atoms with E-state index in [9.17, 15) is 9.90 Å². The number of aromatic nitrogens is 2. The Morgan fingerprint density at radius 2 is 2.39 bits per heavy atom. The van der Waals surface area contributed by atoms with Crippen molar-refractivity contribution in [2.24, 2.45) is 0 Å². The molecule has 0 atom stereocenters. The first-order valence-electron chi connectivity index (χ1n) is 5.74. The van der Waals surface area contributed by atoms with Gasteiger partial charge in [-0.25, -0.2) is 9.78 Å². The maximum absolute atomic E-state index is 11.7. The van der Waals surface area contributed by atoms with Crippen molar-refractivity contribution in [1.82, 2.24) is 15.3 Å². The Hall–Kier alpha value is -1.89. The number of aliphatic hydroxyl groups is 1. The molecule has 0 radical (unpaired) electrons. The highest BCUT2D eigenvalue weighted by Crippen LogP contribution is 2.31. The summed E-state index contributed by atoms with van der Waals surface area (Å²) >= 11 is 0. The zero-order valence-corrected chi connectivity index (χ0v) is 10.1. The standard InChI is InChI=1S/C11H16N4O3/c1-18-10-12-6-3-8(14-10)13-9(17)15-11(7-16)4-2-5-11/h3,6,16H,2,4-5,7H2,1H3,(H2,12,13,14,15,17). The lowest BCUT2D eigenvalue weighted by Gasteiger charge is -2.40. The molecule has 2 amide bonds. The molecule has 7 heteroatoms. The summed E-state index contributed by atoms with van der Waals surface area (Å²) in [5.41, 5.74) is -0.471. The fraction of sp³-hybridized carbons (Fsp3) is 0.545. The van der Waals surface area contributed by atoms with Crippen LogP contribution in [0.1, 0.15) is 19.3 Å². The molecule has 1 heterocycles. The molecular weight excluding hydrogens is 236 g/mol. The van der Waals surface area contributed by atoms with Crippen molar-refractivity contribution in [2.45, 2.75) is 24.8 Å². The van der Waals surface area contributed by atoms with Crippen LogP contribution in [-0.2, 0) is 0 Å². The van der Waals surface area contributed by atoms with Gasteiger partial charge in [0.15, 0.2) is 0 Å². The molecule has 1 aliphatic rings. The number of nitrogens with zero attached hydrogens (tertiary/aromatic N) is 2. The molecule has 0 spiro atoms. The van der Waals surface area contributed by atoms with Crippen LogP contribution in [0, 0.1) is 0 Å². The lowest BCUT2D eigenvalue weighted by molar-refractivity contribution is 0.0983. The Kier molecular flexibility index (Phi) is 3.61. The minimum absolute atomic E-state index is 0.0481. The molecule has 0 bridgehead atoms. The molecule has 1 aromatic rings. The van der Waals surface area contributed by atoms with E-state index >= 15 is 0 Å². The SMILES string of the molecule is COc1nccc(NC(=O)NC2(CO)CCC2)n1. The first-order chi connectivity index (χ1) is 8.67. The largest absolute Gasteiger partial charge is 0.467 e. The molecule has 18 heavy (non-hydrogen) atoms. The van der Waals surface area contributed by atoms with Gasteiger partial charge in [-0.3, -0.25) is 5.32 Å². The topological polar surface area (TPSA) is 96.4 Å². The zero-order chi connectivity index (χ0) is 13.0. The molecule has 98 valence electrons. The molecular formula is C11H16N4O3. The monoisotopic (exact) mass is 252 g/mol. The molecule has 0 unspecified atom stereocenters. The van der Waals surface area contributed by atoms with Crippen LogP contribution in [0.3, 0.4) is 0 Å². The van der Waals surface area contributed by atoms with Crippen LogP contribution >= 0.6 is 0 Å². The second kappa shape index (κ2) is 5.18. The Labute approximate surface area is 105 Å². The van der Waals surface area contributed by atoms with Gasteiger partial charge in [0, 0.05) is 6.20 Å². The smallest absolute Gasteiger partial charge is 0.320 e. The average molecular weight is 252 g/mol. The second-order valence-corrected chi connectivity index (χ2v) is 4.30. The third-order valence-electron chi connectivity index (χ3n) is 3.05. The van der Waals surface area contributed by atoms with E-state index < -0.39 is 5.54 Å². The Bertz CT molecular complexity index is 429.